The molecule has 3 rings (SSSR count). The number of likely N-dealkylation sites (tertiary alicyclic amines) is 1. The fourth-order valence-corrected chi connectivity index (χ4v) is 3.22. The number of ether oxygens (including phenoxy) is 1. The largest absolute Gasteiger partial charge is 0.497 e. The lowest BCUT2D eigenvalue weighted by Crippen LogP contribution is -2.46. The second-order valence-corrected chi connectivity index (χ2v) is 6.65. The molecule has 6 nitrogen and oxygen atoms in total. The summed E-state index contributed by atoms with van der Waals surface area (Å²) in [6.45, 7) is 1.55. The number of para-hydroxylation sites is 1. The molecule has 1 atom stereocenters. The van der Waals surface area contributed by atoms with E-state index in [0.717, 1.165) is 29.8 Å². The van der Waals surface area contributed by atoms with E-state index in [1.165, 1.54) is 0 Å². The van der Waals surface area contributed by atoms with Crippen LogP contribution >= 0.6 is 0 Å². The predicted molar refractivity (Wildman–Crippen MR) is 105 cm³/mol. The molecule has 2 aromatic rings. The first-order valence-electron chi connectivity index (χ1n) is 9.17. The Hall–Kier alpha value is -3.02. The summed E-state index contributed by atoms with van der Waals surface area (Å²) in [5.74, 6) is 0.559. The molecule has 1 heterocycles. The molecular formula is C21H25N3O3. The molecule has 142 valence electrons. The summed E-state index contributed by atoms with van der Waals surface area (Å²) in [6.07, 6.45) is 1.61. The third-order valence-corrected chi connectivity index (χ3v) is 4.71. The van der Waals surface area contributed by atoms with Gasteiger partial charge in [0.2, 0.25) is 5.91 Å². The van der Waals surface area contributed by atoms with Crippen LogP contribution in [0, 0.1) is 5.92 Å². The monoisotopic (exact) mass is 367 g/mol. The number of nitrogens with one attached hydrogen (secondary N) is 2. The fraction of sp³-hybridized carbons (Fsp3) is 0.333. The van der Waals surface area contributed by atoms with Gasteiger partial charge in [0, 0.05) is 25.3 Å². The Labute approximate surface area is 159 Å². The topological polar surface area (TPSA) is 70.7 Å². The highest BCUT2D eigenvalue weighted by atomic mass is 16.5. The molecule has 27 heavy (non-hydrogen) atoms. The Kier molecular flexibility index (Phi) is 6.30. The van der Waals surface area contributed by atoms with Crippen molar-refractivity contribution in [1.29, 1.82) is 0 Å². The molecule has 0 radical (unpaired) electrons. The molecule has 6 heteroatoms. The Morgan fingerprint density at radius 1 is 1.15 bits per heavy atom. The molecule has 3 amide bonds. The minimum absolute atomic E-state index is 0.0185. The number of anilines is 1. The molecular weight excluding hydrogens is 342 g/mol. The van der Waals surface area contributed by atoms with Crippen LogP contribution in [0.1, 0.15) is 18.4 Å². The van der Waals surface area contributed by atoms with Crippen LogP contribution in [-0.2, 0) is 11.3 Å². The average molecular weight is 367 g/mol. The van der Waals surface area contributed by atoms with E-state index in [4.69, 9.17) is 4.74 Å². The van der Waals surface area contributed by atoms with E-state index in [2.05, 4.69) is 10.6 Å². The van der Waals surface area contributed by atoms with Crippen LogP contribution < -0.4 is 15.4 Å². The summed E-state index contributed by atoms with van der Waals surface area (Å²) >= 11 is 0. The van der Waals surface area contributed by atoms with Crippen LogP contribution in [0.4, 0.5) is 10.5 Å². The molecule has 1 aliphatic rings. The van der Waals surface area contributed by atoms with E-state index in [9.17, 15) is 9.59 Å². The van der Waals surface area contributed by atoms with E-state index >= 15 is 0 Å². The quantitative estimate of drug-likeness (QED) is 0.852. The molecule has 0 aliphatic carbocycles. The van der Waals surface area contributed by atoms with Crippen LogP contribution in [0.3, 0.4) is 0 Å². The number of benzene rings is 2. The number of hydrogen-bond donors (Lipinski definition) is 2. The van der Waals surface area contributed by atoms with Crippen LogP contribution in [0.15, 0.2) is 54.6 Å². The highest BCUT2D eigenvalue weighted by Gasteiger charge is 2.28. The zero-order chi connectivity index (χ0) is 19.1. The minimum Gasteiger partial charge on any atom is -0.497 e. The van der Waals surface area contributed by atoms with Crippen LogP contribution in [0.2, 0.25) is 0 Å². The van der Waals surface area contributed by atoms with Crippen LogP contribution in [0.5, 0.6) is 5.75 Å². The zero-order valence-electron chi connectivity index (χ0n) is 15.5. The van der Waals surface area contributed by atoms with E-state index in [1.807, 2.05) is 54.6 Å². The summed E-state index contributed by atoms with van der Waals surface area (Å²) in [4.78, 5) is 26.7. The number of methoxy groups -OCH3 is 1. The van der Waals surface area contributed by atoms with Crippen molar-refractivity contribution in [2.75, 3.05) is 25.5 Å². The van der Waals surface area contributed by atoms with Gasteiger partial charge in [0.1, 0.15) is 5.75 Å². The van der Waals surface area contributed by atoms with E-state index in [-0.39, 0.29) is 17.9 Å². The van der Waals surface area contributed by atoms with Crippen molar-refractivity contribution in [2.45, 2.75) is 19.4 Å². The van der Waals surface area contributed by atoms with Crippen molar-refractivity contribution in [3.63, 3.8) is 0 Å². The van der Waals surface area contributed by atoms with E-state index < -0.39 is 0 Å². The summed E-state index contributed by atoms with van der Waals surface area (Å²) in [6, 6.07) is 16.8. The lowest BCUT2D eigenvalue weighted by atomic mass is 9.97. The lowest BCUT2D eigenvalue weighted by Gasteiger charge is -2.32. The fourth-order valence-electron chi connectivity index (χ4n) is 3.22. The van der Waals surface area contributed by atoms with Crippen molar-refractivity contribution in [1.82, 2.24) is 10.2 Å². The Balaban J connectivity index is 1.52. The highest BCUT2D eigenvalue weighted by Crippen LogP contribution is 2.19. The number of amides is 3. The van der Waals surface area contributed by atoms with E-state index in [1.54, 1.807) is 12.0 Å². The Bertz CT molecular complexity index is 779. The molecule has 0 saturated carbocycles. The summed E-state index contributed by atoms with van der Waals surface area (Å²) in [5.41, 5.74) is 1.74. The number of hydrogen-bond acceptors (Lipinski definition) is 3. The van der Waals surface area contributed by atoms with Crippen LogP contribution in [0.25, 0.3) is 0 Å². The standard InChI is InChI=1S/C21H25N3O3/c1-27-19-11-5-7-16(13-19)14-22-20(25)17-8-6-12-24(15-17)21(26)23-18-9-3-2-4-10-18/h2-5,7,9-11,13,17H,6,8,12,14-15H2,1H3,(H,22,25)(H,23,26)/t17-/m1/s1. The third-order valence-electron chi connectivity index (χ3n) is 4.71. The van der Waals surface area contributed by atoms with Gasteiger partial charge in [-0.2, -0.15) is 0 Å². The molecule has 2 N–H and O–H groups in total. The van der Waals surface area contributed by atoms with Crippen molar-refractivity contribution in [3.8, 4) is 5.75 Å². The third kappa shape index (κ3) is 5.23. The molecule has 0 aromatic heterocycles. The smallest absolute Gasteiger partial charge is 0.321 e. The maximum absolute atomic E-state index is 12.6. The van der Waals surface area contributed by atoms with Gasteiger partial charge in [-0.05, 0) is 42.7 Å². The van der Waals surface area contributed by atoms with Crippen molar-refractivity contribution >= 4 is 17.6 Å². The van der Waals surface area contributed by atoms with Crippen molar-refractivity contribution in [2.24, 2.45) is 5.92 Å². The molecule has 0 spiro atoms. The number of urea groups is 1. The average Bonchev–Trinajstić information content (AvgIpc) is 2.73. The molecule has 0 bridgehead atoms. The normalized spacial score (nSPS) is 16.5. The van der Waals surface area contributed by atoms with Gasteiger partial charge in [-0.25, -0.2) is 4.79 Å². The van der Waals surface area contributed by atoms with Gasteiger partial charge in [-0.3, -0.25) is 4.79 Å². The second-order valence-electron chi connectivity index (χ2n) is 6.65. The maximum atomic E-state index is 12.6. The second kappa shape index (κ2) is 9.07. The summed E-state index contributed by atoms with van der Waals surface area (Å²) in [5, 5.41) is 5.86. The number of rotatable bonds is 5. The Morgan fingerprint density at radius 2 is 1.96 bits per heavy atom. The van der Waals surface area contributed by atoms with Gasteiger partial charge in [-0.1, -0.05) is 30.3 Å². The first-order valence-corrected chi connectivity index (χ1v) is 9.17. The molecule has 0 unspecified atom stereocenters. The number of carbonyl (C=O) groups excluding carboxylic acids is 2. The van der Waals surface area contributed by atoms with Gasteiger partial charge >= 0.3 is 6.03 Å². The summed E-state index contributed by atoms with van der Waals surface area (Å²) < 4.78 is 5.20. The first kappa shape index (κ1) is 18.8. The maximum Gasteiger partial charge on any atom is 0.321 e. The van der Waals surface area contributed by atoms with E-state index in [0.29, 0.717) is 19.6 Å². The Morgan fingerprint density at radius 3 is 2.74 bits per heavy atom. The summed E-state index contributed by atoms with van der Waals surface area (Å²) in [7, 11) is 1.62. The molecule has 1 aliphatic heterocycles. The minimum atomic E-state index is -0.189. The SMILES string of the molecule is COc1cccc(CNC(=O)[C@@H]2CCCN(C(=O)Nc3ccccc3)C2)c1. The van der Waals surface area contributed by atoms with Gasteiger partial charge in [-0.15, -0.1) is 0 Å². The van der Waals surface area contributed by atoms with Crippen molar-refractivity contribution in [3.05, 3.63) is 60.2 Å². The van der Waals surface area contributed by atoms with Gasteiger partial charge < -0.3 is 20.3 Å². The highest BCUT2D eigenvalue weighted by molar-refractivity contribution is 5.90. The lowest BCUT2D eigenvalue weighted by molar-refractivity contribution is -0.126. The van der Waals surface area contributed by atoms with Gasteiger partial charge in [0.25, 0.3) is 0 Å². The predicted octanol–water partition coefficient (Wildman–Crippen LogP) is 3.26. The van der Waals surface area contributed by atoms with Crippen LogP contribution in [-0.4, -0.2) is 37.0 Å². The zero-order valence-corrected chi connectivity index (χ0v) is 15.5. The number of nitrogens with zero attached hydrogens (tertiary/aromatic N) is 1. The number of piperidine rings is 1. The van der Waals surface area contributed by atoms with Gasteiger partial charge in [0.05, 0.1) is 13.0 Å². The molecule has 2 aromatic carbocycles. The molecule has 1 fully saturated rings. The molecule has 1 saturated heterocycles. The number of carbonyl (C=O) groups is 2. The van der Waals surface area contributed by atoms with Crippen molar-refractivity contribution < 1.29 is 14.3 Å². The van der Waals surface area contributed by atoms with Gasteiger partial charge in [0.15, 0.2) is 0 Å². The first-order chi connectivity index (χ1) is 13.2.